The quantitative estimate of drug-likeness (QED) is 0.146. The third-order valence-electron chi connectivity index (χ3n) is 12.9. The minimum absolute atomic E-state index is 0.0161. The lowest BCUT2D eigenvalue weighted by Gasteiger charge is -2.37. The summed E-state index contributed by atoms with van der Waals surface area (Å²) in [6.45, 7) is 11.7. The zero-order valence-corrected chi connectivity index (χ0v) is 39.1. The number of carbonyl (C=O) groups is 5. The molecule has 7 rings (SSSR count). The van der Waals surface area contributed by atoms with Gasteiger partial charge in [-0.3, -0.25) is 38.9 Å². The molecule has 0 spiro atoms. The SMILES string of the molecule is CCn1c(-c2cnccc2COC)c2c3cc(ccc31)-c1cc(O)cc(c1)C[C@H](NC(=O)[C@H](C(C)C)N(C)C(=O)CN(C)C(=O)[C@@H]1CN1C)C(=O)N1CCC[C@H](N1)C(=O)OCC(C)(C)C2. The Balaban J connectivity index is 1.29. The molecule has 2 aromatic heterocycles. The van der Waals surface area contributed by atoms with Gasteiger partial charge in [-0.25, -0.2) is 5.43 Å². The van der Waals surface area contributed by atoms with E-state index in [1.165, 1.54) is 21.9 Å². The molecule has 5 atom stereocenters. The van der Waals surface area contributed by atoms with Gasteiger partial charge in [0.15, 0.2) is 0 Å². The van der Waals surface area contributed by atoms with Gasteiger partial charge in [-0.2, -0.15) is 0 Å². The highest BCUT2D eigenvalue weighted by Gasteiger charge is 2.41. The minimum atomic E-state index is -1.17. The van der Waals surface area contributed by atoms with E-state index in [9.17, 15) is 29.1 Å². The topological polar surface area (TPSA) is 179 Å². The summed E-state index contributed by atoms with van der Waals surface area (Å²) in [5.74, 6) is -2.51. The number of esters is 1. The Morgan fingerprint density at radius 3 is 2.54 bits per heavy atom. The van der Waals surface area contributed by atoms with Crippen LogP contribution in [0.4, 0.5) is 0 Å². The molecule has 16 heteroatoms. The smallest absolute Gasteiger partial charge is 0.324 e. The monoisotopic (exact) mass is 892 g/mol. The lowest BCUT2D eigenvalue weighted by Crippen LogP contribution is -2.62. The van der Waals surface area contributed by atoms with Gasteiger partial charge >= 0.3 is 5.97 Å². The predicted octanol–water partition coefficient (Wildman–Crippen LogP) is 4.15. The first-order valence-corrected chi connectivity index (χ1v) is 22.6. The van der Waals surface area contributed by atoms with Crippen LogP contribution in [0.5, 0.6) is 5.75 Å². The number of nitrogens with zero attached hydrogens (tertiary/aromatic N) is 6. The average molecular weight is 893 g/mol. The maximum Gasteiger partial charge on any atom is 0.324 e. The Morgan fingerprint density at radius 2 is 1.85 bits per heavy atom. The number of fused-ring (bicyclic) bond motifs is 6. The second kappa shape index (κ2) is 19.3. The molecular formula is C49H64N8O8. The number of pyridine rings is 1. The lowest BCUT2D eigenvalue weighted by molar-refractivity contribution is -0.155. The number of benzene rings is 2. The van der Waals surface area contributed by atoms with Crippen molar-refractivity contribution in [3.8, 4) is 28.1 Å². The summed E-state index contributed by atoms with van der Waals surface area (Å²) in [7, 11) is 6.60. The molecule has 4 aromatic rings. The Bertz CT molecular complexity index is 2470. The van der Waals surface area contributed by atoms with Crippen LogP contribution in [0.3, 0.4) is 0 Å². The number of amides is 4. The van der Waals surface area contributed by atoms with E-state index in [0.717, 1.165) is 38.9 Å². The van der Waals surface area contributed by atoms with Gasteiger partial charge in [-0.05, 0) is 97.3 Å². The van der Waals surface area contributed by atoms with E-state index in [0.29, 0.717) is 50.1 Å². The number of aryl methyl sites for hydroxylation is 1. The van der Waals surface area contributed by atoms with Crippen LogP contribution in [-0.2, 0) is 59.4 Å². The third kappa shape index (κ3) is 10.2. The number of nitrogens with one attached hydrogen (secondary N) is 2. The molecule has 3 aliphatic rings. The second-order valence-electron chi connectivity index (χ2n) is 19.0. The van der Waals surface area contributed by atoms with Gasteiger partial charge in [0.05, 0.1) is 25.5 Å². The number of hydrogen-bond acceptors (Lipinski definition) is 11. The number of methoxy groups -OCH3 is 1. The summed E-state index contributed by atoms with van der Waals surface area (Å²) in [6.07, 6.45) is 5.10. The molecule has 16 nitrogen and oxygen atoms in total. The van der Waals surface area contributed by atoms with E-state index in [1.54, 1.807) is 32.5 Å². The molecule has 5 heterocycles. The fourth-order valence-electron chi connectivity index (χ4n) is 9.41. The van der Waals surface area contributed by atoms with Gasteiger partial charge in [-0.1, -0.05) is 39.8 Å². The first-order valence-electron chi connectivity index (χ1n) is 22.6. The maximum absolute atomic E-state index is 14.7. The number of carbonyl (C=O) groups excluding carboxylic acids is 5. The van der Waals surface area contributed by atoms with E-state index in [1.807, 2.05) is 50.2 Å². The van der Waals surface area contributed by atoms with Crippen molar-refractivity contribution in [3.05, 3.63) is 71.5 Å². The Hall–Kier alpha value is -5.84. The molecule has 4 amide bonds. The van der Waals surface area contributed by atoms with Crippen molar-refractivity contribution >= 4 is 40.5 Å². The van der Waals surface area contributed by atoms with Crippen molar-refractivity contribution < 1.29 is 38.6 Å². The number of likely N-dealkylation sites (N-methyl/N-ethyl adjacent to an activating group) is 3. The number of phenols is 1. The van der Waals surface area contributed by atoms with E-state index in [4.69, 9.17) is 9.47 Å². The Kier molecular flexibility index (Phi) is 14.0. The number of aromatic hydroxyl groups is 1. The highest BCUT2D eigenvalue weighted by atomic mass is 16.5. The number of hydrogen-bond donors (Lipinski definition) is 3. The van der Waals surface area contributed by atoms with Crippen LogP contribution in [0, 0.1) is 11.3 Å². The van der Waals surface area contributed by atoms with E-state index in [-0.39, 0.29) is 49.7 Å². The van der Waals surface area contributed by atoms with Crippen molar-refractivity contribution in [1.29, 1.82) is 0 Å². The van der Waals surface area contributed by atoms with Gasteiger partial charge in [-0.15, -0.1) is 0 Å². The minimum Gasteiger partial charge on any atom is -0.508 e. The number of hydrazine groups is 1. The molecule has 0 radical (unpaired) electrons. The molecule has 0 saturated carbocycles. The van der Waals surface area contributed by atoms with E-state index >= 15 is 0 Å². The van der Waals surface area contributed by atoms with Crippen molar-refractivity contribution in [2.75, 3.05) is 54.5 Å². The highest BCUT2D eigenvalue weighted by Crippen LogP contribution is 2.41. The average Bonchev–Trinajstić information content (AvgIpc) is 3.93. The van der Waals surface area contributed by atoms with Crippen molar-refractivity contribution in [2.45, 2.75) is 97.6 Å². The van der Waals surface area contributed by atoms with Crippen molar-refractivity contribution in [2.24, 2.45) is 11.3 Å². The molecule has 0 aliphatic carbocycles. The zero-order chi connectivity index (χ0) is 46.9. The highest BCUT2D eigenvalue weighted by molar-refractivity contribution is 5.96. The molecule has 348 valence electrons. The number of rotatable bonds is 11. The van der Waals surface area contributed by atoms with Crippen LogP contribution in [-0.4, -0.2) is 143 Å². The number of phenolic OH excluding ortho intramolecular Hbond substituents is 1. The summed E-state index contributed by atoms with van der Waals surface area (Å²) in [5, 5.41) is 16.6. The number of cyclic esters (lactones) is 1. The Labute approximate surface area is 381 Å². The molecular weight excluding hydrogens is 829 g/mol. The third-order valence-corrected chi connectivity index (χ3v) is 12.9. The van der Waals surface area contributed by atoms with Gasteiger partial charge in [0.1, 0.15) is 29.9 Å². The molecule has 65 heavy (non-hydrogen) atoms. The molecule has 2 aromatic carbocycles. The van der Waals surface area contributed by atoms with Crippen LogP contribution in [0.2, 0.25) is 0 Å². The molecule has 3 N–H and O–H groups in total. The fraction of sp³-hybridized carbons (Fsp3) is 0.510. The number of aromatic nitrogens is 2. The van der Waals surface area contributed by atoms with Crippen LogP contribution >= 0.6 is 0 Å². The van der Waals surface area contributed by atoms with E-state index in [2.05, 4.69) is 53.2 Å². The summed E-state index contributed by atoms with van der Waals surface area (Å²) in [5.41, 5.74) is 9.69. The zero-order valence-electron chi connectivity index (χ0n) is 39.1. The molecule has 2 saturated heterocycles. The first-order chi connectivity index (χ1) is 30.9. The second-order valence-corrected chi connectivity index (χ2v) is 19.0. The number of ether oxygens (including phenoxy) is 2. The lowest BCUT2D eigenvalue weighted by atomic mass is 9.84. The van der Waals surface area contributed by atoms with Crippen LogP contribution in [0.25, 0.3) is 33.3 Å². The van der Waals surface area contributed by atoms with Crippen LogP contribution in [0.15, 0.2) is 54.9 Å². The maximum atomic E-state index is 14.7. The van der Waals surface area contributed by atoms with E-state index < -0.39 is 47.2 Å². The van der Waals surface area contributed by atoms with Gasteiger partial charge in [0.25, 0.3) is 5.91 Å². The van der Waals surface area contributed by atoms with Crippen molar-refractivity contribution in [1.82, 2.24) is 40.0 Å². The predicted molar refractivity (Wildman–Crippen MR) is 246 cm³/mol. The van der Waals surface area contributed by atoms with Gasteiger partial charge in [0.2, 0.25) is 17.7 Å². The molecule has 1 unspecified atom stereocenters. The summed E-state index contributed by atoms with van der Waals surface area (Å²) in [4.78, 5) is 78.6. The normalized spacial score (nSPS) is 21.4. The van der Waals surface area contributed by atoms with Gasteiger partial charge in [0, 0.05) is 81.5 Å². The standard InChI is InChI=1S/C49H64N8O8/c1-10-56-40-14-13-31-22-35(40)36(44(56)37-24-50-16-15-32(37)27-64-9)23-49(4,5)28-65-48(63)38-12-11-17-57(52-38)46(61)39(20-30-18-33(31)21-34(58)19-30)51-45(60)43(29(2)3)55(8)42(59)26-54(7)47(62)41-25-53(41)6/h13-16,18-19,21-22,24,29,38-39,41,43,52,58H,10-12,17,20,23,25-28H2,1-9H3,(H,51,60)/t38-,39-,41-,43-,53?/m0/s1. The summed E-state index contributed by atoms with van der Waals surface area (Å²) < 4.78 is 14.0. The molecule has 3 aliphatic heterocycles. The first kappa shape index (κ1) is 47.1. The summed E-state index contributed by atoms with van der Waals surface area (Å²) in [6, 6.07) is 10.1. The fourth-order valence-corrected chi connectivity index (χ4v) is 9.41. The largest absolute Gasteiger partial charge is 0.508 e. The molecule has 2 fully saturated rings. The molecule has 6 bridgehead atoms. The summed E-state index contributed by atoms with van der Waals surface area (Å²) >= 11 is 0. The van der Waals surface area contributed by atoms with Crippen molar-refractivity contribution in [3.63, 3.8) is 0 Å². The van der Waals surface area contributed by atoms with Gasteiger partial charge < -0.3 is 34.3 Å². The van der Waals surface area contributed by atoms with Crippen LogP contribution < -0.4 is 10.7 Å². The van der Waals surface area contributed by atoms with Crippen LogP contribution in [0.1, 0.15) is 64.2 Å². The Morgan fingerprint density at radius 1 is 1.09 bits per heavy atom.